The summed E-state index contributed by atoms with van der Waals surface area (Å²) in [4.78, 5) is 30.9. The van der Waals surface area contributed by atoms with Gasteiger partial charge in [-0.2, -0.15) is 13.2 Å². The number of amides is 2. The Bertz CT molecular complexity index is 2010. The van der Waals surface area contributed by atoms with Crippen LogP contribution in [-0.4, -0.2) is 21.4 Å². The lowest BCUT2D eigenvalue weighted by atomic mass is 9.98. The normalized spacial score (nSPS) is 11.4. The topological polar surface area (TPSA) is 76.0 Å². The predicted molar refractivity (Wildman–Crippen MR) is 169 cm³/mol. The van der Waals surface area contributed by atoms with Crippen LogP contribution in [0.2, 0.25) is 0 Å². The van der Waals surface area contributed by atoms with Crippen LogP contribution in [0.25, 0.3) is 33.5 Å². The van der Waals surface area contributed by atoms with Gasteiger partial charge >= 0.3 is 6.18 Å². The van der Waals surface area contributed by atoms with Crippen LogP contribution < -0.4 is 10.6 Å². The van der Waals surface area contributed by atoms with Crippen LogP contribution in [-0.2, 0) is 19.8 Å². The number of nitrogens with zero attached hydrogens (tertiary/aromatic N) is 2. The first kappa shape index (κ1) is 29.4. The molecule has 9 heteroatoms. The molecule has 0 atom stereocenters. The van der Waals surface area contributed by atoms with Gasteiger partial charge in [0.25, 0.3) is 11.8 Å². The smallest absolute Gasteiger partial charge is 0.348 e. The van der Waals surface area contributed by atoms with Gasteiger partial charge < -0.3 is 15.2 Å². The first-order valence-corrected chi connectivity index (χ1v) is 14.1. The highest BCUT2D eigenvalue weighted by molar-refractivity contribution is 6.09. The fourth-order valence-corrected chi connectivity index (χ4v) is 5.17. The van der Waals surface area contributed by atoms with E-state index < -0.39 is 17.6 Å². The zero-order valence-corrected chi connectivity index (χ0v) is 24.1. The molecule has 0 bridgehead atoms. The van der Waals surface area contributed by atoms with E-state index in [1.807, 2.05) is 60.1 Å². The molecule has 0 saturated carbocycles. The van der Waals surface area contributed by atoms with Gasteiger partial charge in [0, 0.05) is 36.0 Å². The molecule has 0 unspecified atom stereocenters. The van der Waals surface area contributed by atoms with E-state index in [4.69, 9.17) is 4.98 Å². The molecule has 0 fully saturated rings. The van der Waals surface area contributed by atoms with E-state index in [1.165, 1.54) is 12.1 Å². The third-order valence-electron chi connectivity index (χ3n) is 7.53. The number of imidazole rings is 1. The number of anilines is 1. The van der Waals surface area contributed by atoms with E-state index >= 15 is 0 Å². The fourth-order valence-electron chi connectivity index (χ4n) is 5.17. The number of rotatable bonds is 7. The second kappa shape index (κ2) is 12.1. The Morgan fingerprint density at radius 2 is 1.44 bits per heavy atom. The van der Waals surface area contributed by atoms with Gasteiger partial charge in [0.2, 0.25) is 0 Å². The minimum absolute atomic E-state index is 0.286. The Labute approximate surface area is 257 Å². The number of aromatic nitrogens is 2. The molecule has 0 aliphatic heterocycles. The number of aryl methyl sites for hydroxylation is 1. The number of nitrogens with one attached hydrogen (secondary N) is 2. The third-order valence-corrected chi connectivity index (χ3v) is 7.53. The zero-order valence-electron chi connectivity index (χ0n) is 24.1. The summed E-state index contributed by atoms with van der Waals surface area (Å²) >= 11 is 0. The molecule has 224 valence electrons. The fraction of sp³-hybridized carbons (Fsp3) is 0.0833. The van der Waals surface area contributed by atoms with Gasteiger partial charge in [-0.15, -0.1) is 0 Å². The number of hydrogen-bond acceptors (Lipinski definition) is 3. The number of alkyl halides is 3. The van der Waals surface area contributed by atoms with Gasteiger partial charge in [-0.3, -0.25) is 9.59 Å². The summed E-state index contributed by atoms with van der Waals surface area (Å²) < 4.78 is 41.1. The highest BCUT2D eigenvalue weighted by atomic mass is 19.4. The Hall–Kier alpha value is -5.70. The molecule has 6 aromatic rings. The van der Waals surface area contributed by atoms with Gasteiger partial charge in [0.05, 0.1) is 16.6 Å². The highest BCUT2D eigenvalue weighted by Gasteiger charge is 2.30. The van der Waals surface area contributed by atoms with Gasteiger partial charge in [-0.1, -0.05) is 72.8 Å². The SMILES string of the molecule is Cn1c(-c2ccc(CNC(=O)c3cccc(NC(=O)c4ccccc4-c4ccc(C(F)(F)F)cc4)c3)cc2)nc2ccccc21. The minimum Gasteiger partial charge on any atom is -0.348 e. The summed E-state index contributed by atoms with van der Waals surface area (Å²) in [6, 6.07) is 33.6. The van der Waals surface area contributed by atoms with Crippen molar-refractivity contribution < 1.29 is 22.8 Å². The monoisotopic (exact) mass is 604 g/mol. The summed E-state index contributed by atoms with van der Waals surface area (Å²) in [6.07, 6.45) is -4.45. The number of para-hydroxylation sites is 2. The van der Waals surface area contributed by atoms with Crippen molar-refractivity contribution in [3.8, 4) is 22.5 Å². The molecule has 6 rings (SSSR count). The molecule has 45 heavy (non-hydrogen) atoms. The molecule has 2 amide bonds. The molecular formula is C36H27F3N4O2. The molecule has 0 aliphatic rings. The Morgan fingerprint density at radius 3 is 2.18 bits per heavy atom. The summed E-state index contributed by atoms with van der Waals surface area (Å²) in [5, 5.41) is 5.71. The van der Waals surface area contributed by atoms with E-state index in [0.717, 1.165) is 40.1 Å². The second-order valence-corrected chi connectivity index (χ2v) is 10.5. The largest absolute Gasteiger partial charge is 0.416 e. The standard InChI is InChI=1S/C36H27F3N4O2/c1-43-32-12-5-4-11-31(32)42-33(43)25-15-13-23(14-16-25)22-40-34(44)26-7-6-8-28(21-26)41-35(45)30-10-3-2-9-29(30)24-17-19-27(20-18-24)36(37,38)39/h2-21H,22H2,1H3,(H,40,44)(H,41,45). The van der Waals surface area contributed by atoms with Crippen molar-refractivity contribution >= 4 is 28.5 Å². The lowest BCUT2D eigenvalue weighted by Gasteiger charge is -2.13. The molecule has 0 spiro atoms. The molecule has 1 aromatic heterocycles. The number of halogens is 3. The molecule has 1 heterocycles. The lowest BCUT2D eigenvalue weighted by Crippen LogP contribution is -2.23. The number of hydrogen-bond donors (Lipinski definition) is 2. The van der Waals surface area contributed by atoms with Crippen molar-refractivity contribution in [3.63, 3.8) is 0 Å². The number of benzene rings is 5. The number of carbonyl (C=O) groups is 2. The maximum atomic E-state index is 13.2. The van der Waals surface area contributed by atoms with Crippen molar-refractivity contribution in [2.24, 2.45) is 7.05 Å². The van der Waals surface area contributed by atoms with E-state index in [1.54, 1.807) is 48.5 Å². The first-order chi connectivity index (χ1) is 21.7. The van der Waals surface area contributed by atoms with Crippen molar-refractivity contribution in [1.29, 1.82) is 0 Å². The predicted octanol–water partition coefficient (Wildman–Crippen LogP) is 8.11. The van der Waals surface area contributed by atoms with Crippen molar-refractivity contribution in [1.82, 2.24) is 14.9 Å². The van der Waals surface area contributed by atoms with Crippen molar-refractivity contribution in [3.05, 3.63) is 144 Å². The van der Waals surface area contributed by atoms with E-state index in [9.17, 15) is 22.8 Å². The first-order valence-electron chi connectivity index (χ1n) is 14.1. The molecule has 0 saturated heterocycles. The molecule has 5 aromatic carbocycles. The van der Waals surface area contributed by atoms with Crippen LogP contribution in [0.15, 0.2) is 121 Å². The molecule has 2 N–H and O–H groups in total. The molecule has 6 nitrogen and oxygen atoms in total. The van der Waals surface area contributed by atoms with Crippen LogP contribution in [0.4, 0.5) is 18.9 Å². The van der Waals surface area contributed by atoms with Crippen LogP contribution >= 0.6 is 0 Å². The Kier molecular flexibility index (Phi) is 7.91. The lowest BCUT2D eigenvalue weighted by molar-refractivity contribution is -0.137. The highest BCUT2D eigenvalue weighted by Crippen LogP contribution is 2.32. The van der Waals surface area contributed by atoms with Crippen LogP contribution in [0, 0.1) is 0 Å². The van der Waals surface area contributed by atoms with Gasteiger partial charge in [-0.25, -0.2) is 4.98 Å². The molecule has 0 radical (unpaired) electrons. The van der Waals surface area contributed by atoms with E-state index in [0.29, 0.717) is 28.9 Å². The van der Waals surface area contributed by atoms with Crippen LogP contribution in [0.1, 0.15) is 31.8 Å². The number of fused-ring (bicyclic) bond motifs is 1. The van der Waals surface area contributed by atoms with E-state index in [2.05, 4.69) is 10.6 Å². The van der Waals surface area contributed by atoms with Gasteiger partial charge in [0.15, 0.2) is 0 Å². The summed E-state index contributed by atoms with van der Waals surface area (Å²) in [5.74, 6) is 0.0899. The maximum absolute atomic E-state index is 13.2. The van der Waals surface area contributed by atoms with E-state index in [-0.39, 0.29) is 11.5 Å². The average Bonchev–Trinajstić information content (AvgIpc) is 3.39. The maximum Gasteiger partial charge on any atom is 0.416 e. The van der Waals surface area contributed by atoms with Crippen molar-refractivity contribution in [2.75, 3.05) is 5.32 Å². The van der Waals surface area contributed by atoms with Crippen LogP contribution in [0.5, 0.6) is 0 Å². The molecular weight excluding hydrogens is 577 g/mol. The Balaban J connectivity index is 1.11. The zero-order chi connectivity index (χ0) is 31.6. The Morgan fingerprint density at radius 1 is 0.756 bits per heavy atom. The van der Waals surface area contributed by atoms with Crippen molar-refractivity contribution in [2.45, 2.75) is 12.7 Å². The summed E-state index contributed by atoms with van der Waals surface area (Å²) in [6.45, 7) is 0.304. The third kappa shape index (κ3) is 6.33. The summed E-state index contributed by atoms with van der Waals surface area (Å²) in [7, 11) is 1.98. The molecule has 0 aliphatic carbocycles. The quantitative estimate of drug-likeness (QED) is 0.193. The van der Waals surface area contributed by atoms with Gasteiger partial charge in [0.1, 0.15) is 5.82 Å². The van der Waals surface area contributed by atoms with Gasteiger partial charge in [-0.05, 0) is 65.2 Å². The minimum atomic E-state index is -4.45. The van der Waals surface area contributed by atoms with Crippen LogP contribution in [0.3, 0.4) is 0 Å². The summed E-state index contributed by atoms with van der Waals surface area (Å²) in [5.41, 5.74) is 5.10. The second-order valence-electron chi connectivity index (χ2n) is 10.5. The average molecular weight is 605 g/mol. The number of carbonyl (C=O) groups excluding carboxylic acids is 2.